The molecule has 1 heterocycles. The maximum atomic E-state index is 14.1. The van der Waals surface area contributed by atoms with Gasteiger partial charge in [0, 0.05) is 23.2 Å². The van der Waals surface area contributed by atoms with Gasteiger partial charge >= 0.3 is 0 Å². The highest BCUT2D eigenvalue weighted by Gasteiger charge is 2.23. The normalized spacial score (nSPS) is 15.2. The summed E-state index contributed by atoms with van der Waals surface area (Å²) in [7, 11) is 0. The topological polar surface area (TPSA) is 27.8 Å². The number of aliphatic hydroxyl groups is 1. The second kappa shape index (κ2) is 7.85. The number of benzene rings is 2. The van der Waals surface area contributed by atoms with E-state index in [1.54, 1.807) is 24.3 Å². The fourth-order valence-corrected chi connectivity index (χ4v) is 4.08. The molecule has 0 radical (unpaired) electrons. The van der Waals surface area contributed by atoms with Crippen molar-refractivity contribution in [3.63, 3.8) is 0 Å². The van der Waals surface area contributed by atoms with Crippen molar-refractivity contribution in [2.45, 2.75) is 29.6 Å². The molecule has 0 atom stereocenters. The standard InChI is InChI=1S/C19H18F2N2OS/c1-22-14-3-4-18(16(20)11-14)23-8-6-15(7-9-23)25-19-5-2-13(12-24)10-17(19)21/h2-5,10-11,15,24H,6-9,12H2. The maximum Gasteiger partial charge on any atom is 0.190 e. The number of rotatable bonds is 4. The molecule has 130 valence electrons. The van der Waals surface area contributed by atoms with Gasteiger partial charge in [-0.05, 0) is 42.7 Å². The quantitative estimate of drug-likeness (QED) is 0.796. The number of anilines is 1. The van der Waals surface area contributed by atoms with Crippen LogP contribution in [-0.4, -0.2) is 23.4 Å². The van der Waals surface area contributed by atoms with Crippen molar-refractivity contribution < 1.29 is 13.9 Å². The number of hydrogen-bond donors (Lipinski definition) is 1. The van der Waals surface area contributed by atoms with E-state index in [1.807, 2.05) is 4.90 Å². The van der Waals surface area contributed by atoms with Crippen molar-refractivity contribution in [3.05, 3.63) is 65.0 Å². The zero-order chi connectivity index (χ0) is 17.8. The molecule has 0 aromatic heterocycles. The summed E-state index contributed by atoms with van der Waals surface area (Å²) in [6, 6.07) is 9.36. The van der Waals surface area contributed by atoms with Crippen LogP contribution >= 0.6 is 11.8 Å². The first kappa shape index (κ1) is 17.7. The average molecular weight is 360 g/mol. The fraction of sp³-hybridized carbons (Fsp3) is 0.316. The van der Waals surface area contributed by atoms with Gasteiger partial charge in [0.15, 0.2) is 5.69 Å². The predicted molar refractivity (Wildman–Crippen MR) is 96.1 cm³/mol. The van der Waals surface area contributed by atoms with Gasteiger partial charge in [-0.2, -0.15) is 0 Å². The summed E-state index contributed by atoms with van der Waals surface area (Å²) in [6.45, 7) is 8.15. The Bertz CT molecular complexity index is 798. The Hall–Kier alpha value is -2.10. The lowest BCUT2D eigenvalue weighted by Gasteiger charge is -2.33. The summed E-state index contributed by atoms with van der Waals surface area (Å²) in [6.07, 6.45) is 1.66. The maximum absolute atomic E-state index is 14.1. The largest absolute Gasteiger partial charge is 0.392 e. The molecule has 0 saturated carbocycles. The van der Waals surface area contributed by atoms with Crippen LogP contribution in [0.25, 0.3) is 4.85 Å². The van der Waals surface area contributed by atoms with Crippen LogP contribution in [0.1, 0.15) is 18.4 Å². The highest BCUT2D eigenvalue weighted by Crippen LogP contribution is 2.34. The lowest BCUT2D eigenvalue weighted by Crippen LogP contribution is -2.35. The smallest absolute Gasteiger partial charge is 0.190 e. The SMILES string of the molecule is [C-]#[N+]c1ccc(N2CCC(Sc3ccc(CO)cc3F)CC2)c(F)c1. The molecule has 0 spiro atoms. The molecular weight excluding hydrogens is 342 g/mol. The van der Waals surface area contributed by atoms with Crippen LogP contribution in [-0.2, 0) is 6.61 Å². The molecule has 1 aliphatic heterocycles. The third kappa shape index (κ3) is 4.12. The first-order chi connectivity index (χ1) is 12.1. The zero-order valence-corrected chi connectivity index (χ0v) is 14.4. The van der Waals surface area contributed by atoms with Crippen molar-refractivity contribution in [1.29, 1.82) is 0 Å². The number of nitrogens with zero attached hydrogens (tertiary/aromatic N) is 2. The van der Waals surface area contributed by atoms with E-state index in [-0.39, 0.29) is 23.5 Å². The molecule has 0 aliphatic carbocycles. The Morgan fingerprint density at radius 2 is 1.88 bits per heavy atom. The minimum absolute atomic E-state index is 0.169. The van der Waals surface area contributed by atoms with Gasteiger partial charge in [0.2, 0.25) is 0 Å². The molecule has 1 saturated heterocycles. The van der Waals surface area contributed by atoms with Crippen LogP contribution in [0.15, 0.2) is 41.3 Å². The van der Waals surface area contributed by atoms with E-state index < -0.39 is 0 Å². The van der Waals surface area contributed by atoms with Crippen molar-refractivity contribution >= 4 is 23.1 Å². The molecule has 1 N–H and O–H groups in total. The van der Waals surface area contributed by atoms with Gasteiger partial charge in [-0.1, -0.05) is 12.1 Å². The van der Waals surface area contributed by atoms with Crippen molar-refractivity contribution in [2.24, 2.45) is 0 Å². The molecule has 25 heavy (non-hydrogen) atoms. The summed E-state index contributed by atoms with van der Waals surface area (Å²) in [5.74, 6) is -0.676. The predicted octanol–water partition coefficient (Wildman–Crippen LogP) is 4.77. The van der Waals surface area contributed by atoms with Gasteiger partial charge in [0.1, 0.15) is 11.6 Å². The van der Waals surface area contributed by atoms with Crippen molar-refractivity contribution in [1.82, 2.24) is 0 Å². The summed E-state index contributed by atoms with van der Waals surface area (Å²) in [5.41, 5.74) is 1.39. The lowest BCUT2D eigenvalue weighted by atomic mass is 10.1. The molecule has 6 heteroatoms. The second-order valence-corrected chi connectivity index (χ2v) is 7.32. The zero-order valence-electron chi connectivity index (χ0n) is 13.6. The summed E-state index contributed by atoms with van der Waals surface area (Å²) in [5, 5.41) is 9.32. The van der Waals surface area contributed by atoms with Gasteiger partial charge in [-0.25, -0.2) is 13.6 Å². The van der Waals surface area contributed by atoms with Crippen LogP contribution in [0, 0.1) is 18.2 Å². The van der Waals surface area contributed by atoms with E-state index in [0.717, 1.165) is 12.8 Å². The lowest BCUT2D eigenvalue weighted by molar-refractivity contribution is 0.281. The number of halogens is 2. The van der Waals surface area contributed by atoms with Gasteiger partial charge in [0.25, 0.3) is 0 Å². The molecule has 1 fully saturated rings. The van der Waals surface area contributed by atoms with Crippen LogP contribution in [0.3, 0.4) is 0 Å². The van der Waals surface area contributed by atoms with E-state index in [2.05, 4.69) is 4.85 Å². The van der Waals surface area contributed by atoms with Crippen molar-refractivity contribution in [2.75, 3.05) is 18.0 Å². The molecular formula is C19H18F2N2OS. The van der Waals surface area contributed by atoms with E-state index >= 15 is 0 Å². The number of aliphatic hydroxyl groups excluding tert-OH is 1. The Labute approximate surface area is 150 Å². The summed E-state index contributed by atoms with van der Waals surface area (Å²) in [4.78, 5) is 5.80. The number of thioether (sulfide) groups is 1. The van der Waals surface area contributed by atoms with Crippen molar-refractivity contribution in [3.8, 4) is 0 Å². The van der Waals surface area contributed by atoms with E-state index in [0.29, 0.717) is 34.9 Å². The monoisotopic (exact) mass is 360 g/mol. The van der Waals surface area contributed by atoms with Crippen LogP contribution in [0.4, 0.5) is 20.2 Å². The van der Waals surface area contributed by atoms with E-state index in [1.165, 1.54) is 23.9 Å². The molecule has 0 bridgehead atoms. The molecule has 0 amide bonds. The molecule has 3 rings (SSSR count). The first-order valence-electron chi connectivity index (χ1n) is 8.08. The van der Waals surface area contributed by atoms with Gasteiger partial charge in [0.05, 0.1) is 18.9 Å². The Balaban J connectivity index is 1.61. The second-order valence-electron chi connectivity index (χ2n) is 5.97. The molecule has 2 aromatic rings. The van der Waals surface area contributed by atoms with E-state index in [9.17, 15) is 8.78 Å². The first-order valence-corrected chi connectivity index (χ1v) is 8.96. The molecule has 3 nitrogen and oxygen atoms in total. The minimum atomic E-state index is -0.370. The summed E-state index contributed by atoms with van der Waals surface area (Å²) < 4.78 is 28.2. The van der Waals surface area contributed by atoms with Crippen LogP contribution in [0.5, 0.6) is 0 Å². The Kier molecular flexibility index (Phi) is 5.57. The van der Waals surface area contributed by atoms with Gasteiger partial charge in [-0.15, -0.1) is 11.8 Å². The fourth-order valence-electron chi connectivity index (χ4n) is 2.95. The minimum Gasteiger partial charge on any atom is -0.392 e. The third-order valence-electron chi connectivity index (χ3n) is 4.32. The van der Waals surface area contributed by atoms with Crippen LogP contribution < -0.4 is 4.90 Å². The number of hydrogen-bond acceptors (Lipinski definition) is 3. The molecule has 2 aromatic carbocycles. The Morgan fingerprint density at radius 3 is 2.48 bits per heavy atom. The van der Waals surface area contributed by atoms with E-state index in [4.69, 9.17) is 11.7 Å². The Morgan fingerprint density at radius 1 is 1.12 bits per heavy atom. The van der Waals surface area contributed by atoms with Gasteiger partial charge < -0.3 is 10.0 Å². The third-order valence-corrected chi connectivity index (χ3v) is 5.71. The molecule has 1 aliphatic rings. The highest BCUT2D eigenvalue weighted by atomic mass is 32.2. The highest BCUT2D eigenvalue weighted by molar-refractivity contribution is 8.00. The number of piperidine rings is 1. The average Bonchev–Trinajstić information content (AvgIpc) is 2.64. The van der Waals surface area contributed by atoms with Gasteiger partial charge in [-0.3, -0.25) is 0 Å². The van der Waals surface area contributed by atoms with Crippen LogP contribution in [0.2, 0.25) is 0 Å². The molecule has 0 unspecified atom stereocenters. The summed E-state index contributed by atoms with van der Waals surface area (Å²) >= 11 is 1.50.